The maximum atomic E-state index is 13.3. The van der Waals surface area contributed by atoms with Gasteiger partial charge in [-0.1, -0.05) is 53.5 Å². The highest BCUT2D eigenvalue weighted by molar-refractivity contribution is 7.93. The molecule has 0 bridgehead atoms. The minimum atomic E-state index is -4.18. The van der Waals surface area contributed by atoms with Crippen LogP contribution in [0, 0.1) is 0 Å². The topological polar surface area (TPSA) is 92.5 Å². The molecule has 3 rings (SSSR count). The van der Waals surface area contributed by atoms with Gasteiger partial charge >= 0.3 is 0 Å². The van der Waals surface area contributed by atoms with E-state index in [1.54, 1.807) is 18.2 Å². The first kappa shape index (κ1) is 19.4. The van der Waals surface area contributed by atoms with Crippen LogP contribution < -0.4 is 15.6 Å². The third kappa shape index (κ3) is 4.01. The maximum Gasteiger partial charge on any atom is 0.266 e. The second kappa shape index (κ2) is 7.74. The number of halogens is 2. The summed E-state index contributed by atoms with van der Waals surface area (Å²) in [5, 5.41) is 1.96. The Hall–Kier alpha value is -2.32. The number of amides is 1. The third-order valence-corrected chi connectivity index (χ3v) is 6.42. The molecule has 1 amide bonds. The van der Waals surface area contributed by atoms with Crippen LogP contribution in [0.5, 0.6) is 0 Å². The Morgan fingerprint density at radius 2 is 1.70 bits per heavy atom. The Morgan fingerprint density at radius 1 is 1.00 bits per heavy atom. The van der Waals surface area contributed by atoms with Crippen LogP contribution in [0.1, 0.15) is 0 Å². The van der Waals surface area contributed by atoms with E-state index in [9.17, 15) is 13.2 Å². The number of hydrogen-bond acceptors (Lipinski definition) is 4. The van der Waals surface area contributed by atoms with Gasteiger partial charge in [-0.05, 0) is 41.1 Å². The van der Waals surface area contributed by atoms with Crippen LogP contribution in [0.4, 0.5) is 5.69 Å². The van der Waals surface area contributed by atoms with E-state index in [-0.39, 0.29) is 14.9 Å². The smallest absolute Gasteiger partial charge is 0.266 e. The third-order valence-electron chi connectivity index (χ3n) is 3.93. The number of anilines is 1. The molecule has 3 aromatic carbocycles. The number of carbonyl (C=O) groups is 1. The molecule has 3 aromatic rings. The summed E-state index contributed by atoms with van der Waals surface area (Å²) in [5.74, 6) is 4.48. The molecule has 0 unspecified atom stereocenters. The van der Waals surface area contributed by atoms with Gasteiger partial charge in [0.25, 0.3) is 15.9 Å². The predicted octanol–water partition coefficient (Wildman–Crippen LogP) is 3.33. The van der Waals surface area contributed by atoms with Crippen LogP contribution in [0.3, 0.4) is 0 Å². The molecule has 3 N–H and O–H groups in total. The SMILES string of the molecule is NNC(=O)CN(c1ccc2ccccc2c1)S(=O)(=O)c1cc(Cl)ccc1Cl. The molecule has 140 valence electrons. The fourth-order valence-electron chi connectivity index (χ4n) is 2.62. The highest BCUT2D eigenvalue weighted by Gasteiger charge is 2.29. The van der Waals surface area contributed by atoms with Gasteiger partial charge in [0.1, 0.15) is 11.4 Å². The van der Waals surface area contributed by atoms with Gasteiger partial charge in [-0.3, -0.25) is 14.5 Å². The molecule has 0 saturated carbocycles. The second-order valence-electron chi connectivity index (χ2n) is 5.69. The number of carbonyl (C=O) groups excluding carboxylic acids is 1. The summed E-state index contributed by atoms with van der Waals surface area (Å²) in [7, 11) is -4.18. The molecule has 9 heteroatoms. The van der Waals surface area contributed by atoms with Gasteiger partial charge in [0.05, 0.1) is 10.7 Å². The molecular weight excluding hydrogens is 409 g/mol. The molecule has 27 heavy (non-hydrogen) atoms. The Morgan fingerprint density at radius 3 is 2.41 bits per heavy atom. The van der Waals surface area contributed by atoms with Crippen molar-refractivity contribution in [2.75, 3.05) is 10.8 Å². The van der Waals surface area contributed by atoms with Crippen LogP contribution >= 0.6 is 23.2 Å². The summed E-state index contributed by atoms with van der Waals surface area (Å²) in [6, 6.07) is 16.6. The molecule has 0 aromatic heterocycles. The van der Waals surface area contributed by atoms with Gasteiger partial charge in [-0.2, -0.15) is 0 Å². The molecule has 0 aliphatic heterocycles. The van der Waals surface area contributed by atoms with Crippen LogP contribution in [0.2, 0.25) is 10.0 Å². The van der Waals surface area contributed by atoms with Crippen molar-refractivity contribution in [3.05, 3.63) is 70.7 Å². The molecule has 0 fully saturated rings. The van der Waals surface area contributed by atoms with Crippen molar-refractivity contribution in [3.63, 3.8) is 0 Å². The number of fused-ring (bicyclic) bond motifs is 1. The zero-order chi connectivity index (χ0) is 19.6. The summed E-state index contributed by atoms with van der Waals surface area (Å²) in [5.41, 5.74) is 2.25. The number of rotatable bonds is 5. The number of nitrogens with one attached hydrogen (secondary N) is 1. The number of benzene rings is 3. The van der Waals surface area contributed by atoms with E-state index in [4.69, 9.17) is 29.0 Å². The molecule has 6 nitrogen and oxygen atoms in total. The minimum Gasteiger partial charge on any atom is -0.293 e. The van der Waals surface area contributed by atoms with E-state index in [2.05, 4.69) is 0 Å². The standard InChI is InChI=1S/C18H15Cl2N3O3S/c19-14-6-8-16(20)17(10-14)27(25,26)23(11-18(24)22-21)15-7-5-12-3-1-2-4-13(12)9-15/h1-10H,11,21H2,(H,22,24). The zero-order valence-electron chi connectivity index (χ0n) is 13.9. The van der Waals surface area contributed by atoms with Gasteiger partial charge < -0.3 is 0 Å². The normalized spacial score (nSPS) is 11.4. The molecular formula is C18H15Cl2N3O3S. The van der Waals surface area contributed by atoms with Gasteiger partial charge in [0, 0.05) is 5.02 Å². The van der Waals surface area contributed by atoms with E-state index in [0.29, 0.717) is 5.69 Å². The number of sulfonamides is 1. The van der Waals surface area contributed by atoms with E-state index in [1.165, 1.54) is 18.2 Å². The summed E-state index contributed by atoms with van der Waals surface area (Å²) in [6.45, 7) is -0.514. The van der Waals surface area contributed by atoms with Crippen LogP contribution in [0.25, 0.3) is 10.8 Å². The van der Waals surface area contributed by atoms with E-state index in [1.807, 2.05) is 29.7 Å². The lowest BCUT2D eigenvalue weighted by molar-refractivity contribution is -0.119. The lowest BCUT2D eigenvalue weighted by Gasteiger charge is -2.24. The maximum absolute atomic E-state index is 13.3. The van der Waals surface area contributed by atoms with E-state index < -0.39 is 22.5 Å². The quantitative estimate of drug-likeness (QED) is 0.373. The van der Waals surface area contributed by atoms with Crippen molar-refractivity contribution < 1.29 is 13.2 Å². The Bertz CT molecular complexity index is 1120. The summed E-state index contributed by atoms with van der Waals surface area (Å²) < 4.78 is 27.5. The minimum absolute atomic E-state index is 0.00153. The van der Waals surface area contributed by atoms with E-state index >= 15 is 0 Å². The highest BCUT2D eigenvalue weighted by atomic mass is 35.5. The Labute approximate surface area is 166 Å². The van der Waals surface area contributed by atoms with Crippen LogP contribution in [-0.2, 0) is 14.8 Å². The van der Waals surface area contributed by atoms with Crippen LogP contribution in [-0.4, -0.2) is 20.9 Å². The van der Waals surface area contributed by atoms with Crippen molar-refractivity contribution >= 4 is 55.6 Å². The second-order valence-corrected chi connectivity index (χ2v) is 8.36. The average Bonchev–Trinajstić information content (AvgIpc) is 2.67. The molecule has 0 spiro atoms. The van der Waals surface area contributed by atoms with Gasteiger partial charge in [0.15, 0.2) is 0 Å². The first-order chi connectivity index (χ1) is 12.8. The Kier molecular flexibility index (Phi) is 5.57. The van der Waals surface area contributed by atoms with Crippen molar-refractivity contribution in [2.24, 2.45) is 5.84 Å². The molecule has 0 atom stereocenters. The highest BCUT2D eigenvalue weighted by Crippen LogP contribution is 2.32. The summed E-state index contributed by atoms with van der Waals surface area (Å²) in [6.07, 6.45) is 0. The van der Waals surface area contributed by atoms with E-state index in [0.717, 1.165) is 15.1 Å². The molecule has 0 saturated heterocycles. The lowest BCUT2D eigenvalue weighted by Crippen LogP contribution is -2.43. The fraction of sp³-hybridized carbons (Fsp3) is 0.0556. The number of hydrogen-bond donors (Lipinski definition) is 2. The number of nitrogens with zero attached hydrogens (tertiary/aromatic N) is 1. The molecule has 0 aliphatic rings. The van der Waals surface area contributed by atoms with Crippen molar-refractivity contribution in [1.29, 1.82) is 0 Å². The molecule has 0 heterocycles. The lowest BCUT2D eigenvalue weighted by atomic mass is 10.1. The first-order valence-corrected chi connectivity index (χ1v) is 9.98. The largest absolute Gasteiger partial charge is 0.293 e. The molecule has 0 radical (unpaired) electrons. The Balaban J connectivity index is 2.17. The summed E-state index contributed by atoms with van der Waals surface area (Å²) in [4.78, 5) is 11.7. The summed E-state index contributed by atoms with van der Waals surface area (Å²) >= 11 is 12.0. The van der Waals surface area contributed by atoms with Crippen molar-refractivity contribution in [2.45, 2.75) is 4.90 Å². The zero-order valence-corrected chi connectivity index (χ0v) is 16.2. The van der Waals surface area contributed by atoms with Crippen molar-refractivity contribution in [3.8, 4) is 0 Å². The van der Waals surface area contributed by atoms with Gasteiger partial charge in [0.2, 0.25) is 0 Å². The van der Waals surface area contributed by atoms with Crippen molar-refractivity contribution in [1.82, 2.24) is 5.43 Å². The van der Waals surface area contributed by atoms with Crippen LogP contribution in [0.15, 0.2) is 65.6 Å². The number of hydrazine groups is 1. The first-order valence-electron chi connectivity index (χ1n) is 7.79. The predicted molar refractivity (Wildman–Crippen MR) is 107 cm³/mol. The van der Waals surface area contributed by atoms with Gasteiger partial charge in [-0.25, -0.2) is 14.3 Å². The van der Waals surface area contributed by atoms with Gasteiger partial charge in [-0.15, -0.1) is 0 Å². The monoisotopic (exact) mass is 423 g/mol. The molecule has 0 aliphatic carbocycles. The average molecular weight is 424 g/mol. The number of nitrogens with two attached hydrogens (primary N) is 1. The fourth-order valence-corrected chi connectivity index (χ4v) is 4.77.